The molecule has 0 fully saturated rings. The maximum absolute atomic E-state index is 11.8. The number of rotatable bonds is 4. The van der Waals surface area contributed by atoms with Crippen LogP contribution in [-0.2, 0) is 11.3 Å². The summed E-state index contributed by atoms with van der Waals surface area (Å²) in [6.07, 6.45) is 0. The molecular formula is C15H24N2O. The molecule has 18 heavy (non-hydrogen) atoms. The van der Waals surface area contributed by atoms with Crippen molar-refractivity contribution in [2.24, 2.45) is 0 Å². The normalized spacial score (nSPS) is 12.3. The molecule has 0 aliphatic rings. The van der Waals surface area contributed by atoms with Gasteiger partial charge in [-0.2, -0.15) is 0 Å². The van der Waals surface area contributed by atoms with Gasteiger partial charge in [0.25, 0.3) is 0 Å². The van der Waals surface area contributed by atoms with Crippen molar-refractivity contribution < 1.29 is 4.79 Å². The van der Waals surface area contributed by atoms with Crippen LogP contribution in [0.1, 0.15) is 29.2 Å². The molecule has 0 aliphatic carbocycles. The highest BCUT2D eigenvalue weighted by Gasteiger charge is 2.14. The summed E-state index contributed by atoms with van der Waals surface area (Å²) >= 11 is 0. The molecule has 0 saturated carbocycles. The van der Waals surface area contributed by atoms with Gasteiger partial charge < -0.3 is 10.2 Å². The third-order valence-electron chi connectivity index (χ3n) is 3.24. The topological polar surface area (TPSA) is 32.3 Å². The first-order valence-electron chi connectivity index (χ1n) is 6.34. The highest BCUT2D eigenvalue weighted by molar-refractivity contribution is 5.80. The number of aryl methyl sites for hydroxylation is 3. The van der Waals surface area contributed by atoms with E-state index in [1.54, 1.807) is 19.0 Å². The SMILES string of the molecule is Cc1cc(C)c(CNC(C)C(=O)N(C)C)c(C)c1. The van der Waals surface area contributed by atoms with E-state index < -0.39 is 0 Å². The Balaban J connectivity index is 2.73. The number of likely N-dealkylation sites (N-methyl/N-ethyl adjacent to an activating group) is 1. The fraction of sp³-hybridized carbons (Fsp3) is 0.533. The summed E-state index contributed by atoms with van der Waals surface area (Å²) in [6, 6.07) is 4.21. The molecule has 3 nitrogen and oxygen atoms in total. The van der Waals surface area contributed by atoms with Gasteiger partial charge in [-0.25, -0.2) is 0 Å². The van der Waals surface area contributed by atoms with Crippen LogP contribution in [0, 0.1) is 20.8 Å². The van der Waals surface area contributed by atoms with E-state index in [2.05, 4.69) is 38.2 Å². The van der Waals surface area contributed by atoms with Crippen molar-refractivity contribution in [3.05, 3.63) is 34.4 Å². The molecule has 1 aromatic rings. The van der Waals surface area contributed by atoms with Gasteiger partial charge in [0.15, 0.2) is 0 Å². The van der Waals surface area contributed by atoms with E-state index in [9.17, 15) is 4.79 Å². The molecule has 0 heterocycles. The molecule has 1 atom stereocenters. The summed E-state index contributed by atoms with van der Waals surface area (Å²) in [5.41, 5.74) is 5.14. The van der Waals surface area contributed by atoms with Crippen molar-refractivity contribution >= 4 is 5.91 Å². The summed E-state index contributed by atoms with van der Waals surface area (Å²) in [5.74, 6) is 0.109. The standard InChI is InChI=1S/C15H24N2O/c1-10-7-11(2)14(12(3)8-10)9-16-13(4)15(18)17(5)6/h7-8,13,16H,9H2,1-6H3. The number of amides is 1. The summed E-state index contributed by atoms with van der Waals surface area (Å²) in [5, 5.41) is 3.29. The number of benzene rings is 1. The summed E-state index contributed by atoms with van der Waals surface area (Å²) in [4.78, 5) is 13.4. The number of carbonyl (C=O) groups excluding carboxylic acids is 1. The average Bonchev–Trinajstić information content (AvgIpc) is 2.25. The molecular weight excluding hydrogens is 224 g/mol. The zero-order chi connectivity index (χ0) is 13.9. The van der Waals surface area contributed by atoms with Crippen LogP contribution >= 0.6 is 0 Å². The van der Waals surface area contributed by atoms with E-state index in [4.69, 9.17) is 0 Å². The van der Waals surface area contributed by atoms with E-state index >= 15 is 0 Å². The fourth-order valence-corrected chi connectivity index (χ4v) is 2.22. The van der Waals surface area contributed by atoms with Crippen molar-refractivity contribution in [3.63, 3.8) is 0 Å². The Morgan fingerprint density at radius 3 is 2.17 bits per heavy atom. The highest BCUT2D eigenvalue weighted by Crippen LogP contribution is 2.16. The molecule has 0 spiro atoms. The highest BCUT2D eigenvalue weighted by atomic mass is 16.2. The van der Waals surface area contributed by atoms with Crippen LogP contribution in [0.3, 0.4) is 0 Å². The Labute approximate surface area is 110 Å². The molecule has 1 amide bonds. The Morgan fingerprint density at radius 1 is 1.22 bits per heavy atom. The van der Waals surface area contributed by atoms with Crippen LogP contribution in [0.5, 0.6) is 0 Å². The van der Waals surface area contributed by atoms with Crippen molar-refractivity contribution in [1.82, 2.24) is 10.2 Å². The van der Waals surface area contributed by atoms with Crippen LogP contribution in [0.2, 0.25) is 0 Å². The fourth-order valence-electron chi connectivity index (χ4n) is 2.22. The largest absolute Gasteiger partial charge is 0.347 e. The van der Waals surface area contributed by atoms with E-state index in [-0.39, 0.29) is 11.9 Å². The van der Waals surface area contributed by atoms with Gasteiger partial charge in [0.1, 0.15) is 0 Å². The number of carbonyl (C=O) groups is 1. The number of nitrogens with zero attached hydrogens (tertiary/aromatic N) is 1. The summed E-state index contributed by atoms with van der Waals surface area (Å²) in [7, 11) is 3.56. The zero-order valence-electron chi connectivity index (χ0n) is 12.3. The lowest BCUT2D eigenvalue weighted by molar-refractivity contribution is -0.130. The Morgan fingerprint density at radius 2 is 1.72 bits per heavy atom. The van der Waals surface area contributed by atoms with Gasteiger partial charge in [-0.1, -0.05) is 17.7 Å². The first-order valence-corrected chi connectivity index (χ1v) is 6.34. The van der Waals surface area contributed by atoms with E-state index in [1.807, 2.05) is 6.92 Å². The van der Waals surface area contributed by atoms with Gasteiger partial charge in [-0.05, 0) is 44.4 Å². The Hall–Kier alpha value is -1.35. The van der Waals surface area contributed by atoms with Gasteiger partial charge in [-0.3, -0.25) is 4.79 Å². The van der Waals surface area contributed by atoms with Gasteiger partial charge in [0.05, 0.1) is 6.04 Å². The third-order valence-corrected chi connectivity index (χ3v) is 3.24. The minimum Gasteiger partial charge on any atom is -0.347 e. The van der Waals surface area contributed by atoms with Gasteiger partial charge in [0, 0.05) is 20.6 Å². The maximum atomic E-state index is 11.8. The second-order valence-electron chi connectivity index (χ2n) is 5.21. The van der Waals surface area contributed by atoms with Gasteiger partial charge >= 0.3 is 0 Å². The Bertz CT molecular complexity index is 415. The quantitative estimate of drug-likeness (QED) is 0.885. The monoisotopic (exact) mass is 248 g/mol. The second kappa shape index (κ2) is 6.01. The molecule has 0 bridgehead atoms. The maximum Gasteiger partial charge on any atom is 0.238 e. The van der Waals surface area contributed by atoms with Crippen molar-refractivity contribution in [1.29, 1.82) is 0 Å². The second-order valence-corrected chi connectivity index (χ2v) is 5.21. The summed E-state index contributed by atoms with van der Waals surface area (Å²) in [6.45, 7) is 8.99. The van der Waals surface area contributed by atoms with Crippen LogP contribution in [-0.4, -0.2) is 30.9 Å². The molecule has 0 saturated heterocycles. The number of nitrogens with one attached hydrogen (secondary N) is 1. The molecule has 1 unspecified atom stereocenters. The summed E-state index contributed by atoms with van der Waals surface area (Å²) < 4.78 is 0. The van der Waals surface area contributed by atoms with Crippen molar-refractivity contribution in [2.45, 2.75) is 40.3 Å². The predicted molar refractivity (Wildman–Crippen MR) is 75.6 cm³/mol. The molecule has 0 radical (unpaired) electrons. The molecule has 3 heteroatoms. The number of hydrogen-bond donors (Lipinski definition) is 1. The van der Waals surface area contributed by atoms with E-state index in [0.29, 0.717) is 0 Å². The lowest BCUT2D eigenvalue weighted by Gasteiger charge is -2.19. The van der Waals surface area contributed by atoms with E-state index in [1.165, 1.54) is 22.3 Å². The number of hydrogen-bond acceptors (Lipinski definition) is 2. The minimum absolute atomic E-state index is 0.109. The average molecular weight is 248 g/mol. The molecule has 0 aromatic heterocycles. The van der Waals surface area contributed by atoms with Crippen molar-refractivity contribution in [2.75, 3.05) is 14.1 Å². The van der Waals surface area contributed by atoms with Crippen LogP contribution in [0.4, 0.5) is 0 Å². The van der Waals surface area contributed by atoms with Gasteiger partial charge in [0.2, 0.25) is 5.91 Å². The third kappa shape index (κ3) is 3.57. The van der Waals surface area contributed by atoms with Crippen LogP contribution in [0.25, 0.3) is 0 Å². The molecule has 1 rings (SSSR count). The lowest BCUT2D eigenvalue weighted by atomic mass is 9.99. The molecule has 100 valence electrons. The smallest absolute Gasteiger partial charge is 0.238 e. The minimum atomic E-state index is -0.153. The molecule has 1 aromatic carbocycles. The van der Waals surface area contributed by atoms with Gasteiger partial charge in [-0.15, -0.1) is 0 Å². The first kappa shape index (κ1) is 14.7. The zero-order valence-corrected chi connectivity index (χ0v) is 12.3. The lowest BCUT2D eigenvalue weighted by Crippen LogP contribution is -2.41. The Kier molecular flexibility index (Phi) is 4.91. The van der Waals surface area contributed by atoms with Crippen LogP contribution in [0.15, 0.2) is 12.1 Å². The molecule has 1 N–H and O–H groups in total. The van der Waals surface area contributed by atoms with E-state index in [0.717, 1.165) is 6.54 Å². The predicted octanol–water partition coefficient (Wildman–Crippen LogP) is 2.18. The first-order chi connectivity index (χ1) is 8.32. The molecule has 0 aliphatic heterocycles. The van der Waals surface area contributed by atoms with Crippen molar-refractivity contribution in [3.8, 4) is 0 Å². The van der Waals surface area contributed by atoms with Crippen LogP contribution < -0.4 is 5.32 Å².